The van der Waals surface area contributed by atoms with E-state index in [4.69, 9.17) is 0 Å². The van der Waals surface area contributed by atoms with Crippen LogP contribution in [-0.4, -0.2) is 19.4 Å². The molecule has 0 radical (unpaired) electrons. The molecule has 2 heteroatoms. The molecular weight excluding hydrogens is 198 g/mol. The van der Waals surface area contributed by atoms with Crippen LogP contribution >= 0.6 is 0 Å². The summed E-state index contributed by atoms with van der Waals surface area (Å²) < 4.78 is 0. The van der Waals surface area contributed by atoms with E-state index in [1.165, 1.54) is 11.1 Å². The standard InChI is InChI=1S/C14H17NO/c1-15-10-3-2-5-11-6-4-7-13-12(11)8-9-14(13)16/h2,4-7,15H,3,8-10H2,1H3. The molecule has 0 aromatic heterocycles. The van der Waals surface area contributed by atoms with Gasteiger partial charge in [0.15, 0.2) is 5.78 Å². The molecule has 0 saturated carbocycles. The molecule has 1 N–H and O–H groups in total. The zero-order valence-electron chi connectivity index (χ0n) is 9.62. The lowest BCUT2D eigenvalue weighted by molar-refractivity contribution is 0.0994. The van der Waals surface area contributed by atoms with Gasteiger partial charge in [-0.25, -0.2) is 0 Å². The Bertz CT molecular complexity index is 421. The summed E-state index contributed by atoms with van der Waals surface area (Å²) in [7, 11) is 1.95. The summed E-state index contributed by atoms with van der Waals surface area (Å²) in [5, 5.41) is 3.11. The summed E-state index contributed by atoms with van der Waals surface area (Å²) in [5.41, 5.74) is 3.36. The van der Waals surface area contributed by atoms with E-state index in [1.54, 1.807) is 0 Å². The summed E-state index contributed by atoms with van der Waals surface area (Å²) in [5.74, 6) is 0.292. The topological polar surface area (TPSA) is 29.1 Å². The summed E-state index contributed by atoms with van der Waals surface area (Å²) in [6, 6.07) is 6.00. The van der Waals surface area contributed by atoms with E-state index in [0.29, 0.717) is 12.2 Å². The molecule has 2 rings (SSSR count). The summed E-state index contributed by atoms with van der Waals surface area (Å²) in [6.45, 7) is 0.991. The maximum Gasteiger partial charge on any atom is 0.163 e. The van der Waals surface area contributed by atoms with E-state index in [9.17, 15) is 4.79 Å². The third-order valence-corrected chi connectivity index (χ3v) is 2.97. The van der Waals surface area contributed by atoms with Gasteiger partial charge in [0.1, 0.15) is 0 Å². The van der Waals surface area contributed by atoms with Crippen molar-refractivity contribution in [2.75, 3.05) is 13.6 Å². The Morgan fingerprint density at radius 1 is 1.38 bits per heavy atom. The fraction of sp³-hybridized carbons (Fsp3) is 0.357. The second kappa shape index (κ2) is 5.08. The normalized spacial score (nSPS) is 14.7. The number of carbonyl (C=O) groups is 1. The number of fused-ring (bicyclic) bond motifs is 1. The lowest BCUT2D eigenvalue weighted by Crippen LogP contribution is -2.05. The molecule has 0 heterocycles. The molecule has 0 saturated heterocycles. The molecule has 0 fully saturated rings. The molecule has 84 valence electrons. The SMILES string of the molecule is CNCCC=Cc1cccc2c1CCC2=O. The van der Waals surface area contributed by atoms with Crippen LogP contribution in [0.5, 0.6) is 0 Å². The highest BCUT2D eigenvalue weighted by Gasteiger charge is 2.20. The van der Waals surface area contributed by atoms with Crippen molar-refractivity contribution in [3.8, 4) is 0 Å². The van der Waals surface area contributed by atoms with Crippen molar-refractivity contribution in [3.05, 3.63) is 41.0 Å². The lowest BCUT2D eigenvalue weighted by Gasteiger charge is -2.02. The Hall–Kier alpha value is -1.41. The maximum absolute atomic E-state index is 11.6. The predicted octanol–water partition coefficient (Wildman–Crippen LogP) is 2.44. The van der Waals surface area contributed by atoms with Crippen LogP contribution in [-0.2, 0) is 6.42 Å². The van der Waals surface area contributed by atoms with Gasteiger partial charge in [-0.3, -0.25) is 4.79 Å². The van der Waals surface area contributed by atoms with Gasteiger partial charge < -0.3 is 5.32 Å². The molecule has 0 aliphatic heterocycles. The van der Waals surface area contributed by atoms with Crippen molar-refractivity contribution in [1.82, 2.24) is 5.32 Å². The molecule has 0 amide bonds. The number of hydrogen-bond donors (Lipinski definition) is 1. The molecule has 16 heavy (non-hydrogen) atoms. The first-order chi connectivity index (χ1) is 7.83. The highest BCUT2D eigenvalue weighted by atomic mass is 16.1. The molecular formula is C14H17NO. The Kier molecular flexibility index (Phi) is 3.52. The summed E-state index contributed by atoms with van der Waals surface area (Å²) >= 11 is 0. The molecule has 1 aromatic carbocycles. The van der Waals surface area contributed by atoms with Gasteiger partial charge in [-0.15, -0.1) is 0 Å². The minimum Gasteiger partial charge on any atom is -0.319 e. The second-order valence-electron chi connectivity index (χ2n) is 4.09. The number of Topliss-reactive ketones (excluding diaryl/α,β-unsaturated/α-hetero) is 1. The fourth-order valence-corrected chi connectivity index (χ4v) is 2.11. The fourth-order valence-electron chi connectivity index (χ4n) is 2.11. The second-order valence-corrected chi connectivity index (χ2v) is 4.09. The van der Waals surface area contributed by atoms with Crippen LogP contribution in [0, 0.1) is 0 Å². The van der Waals surface area contributed by atoms with Crippen molar-refractivity contribution < 1.29 is 4.79 Å². The van der Waals surface area contributed by atoms with Gasteiger partial charge in [0.25, 0.3) is 0 Å². The van der Waals surface area contributed by atoms with E-state index in [-0.39, 0.29) is 0 Å². The van der Waals surface area contributed by atoms with Gasteiger partial charge in [0.05, 0.1) is 0 Å². The maximum atomic E-state index is 11.6. The van der Waals surface area contributed by atoms with Crippen molar-refractivity contribution in [1.29, 1.82) is 0 Å². The molecule has 1 aromatic rings. The van der Waals surface area contributed by atoms with Gasteiger partial charge in [-0.05, 0) is 37.6 Å². The van der Waals surface area contributed by atoms with Crippen LogP contribution in [0.2, 0.25) is 0 Å². The van der Waals surface area contributed by atoms with Crippen LogP contribution in [0.15, 0.2) is 24.3 Å². The molecule has 0 spiro atoms. The molecule has 2 nitrogen and oxygen atoms in total. The van der Waals surface area contributed by atoms with Gasteiger partial charge in [-0.2, -0.15) is 0 Å². The summed E-state index contributed by atoms with van der Waals surface area (Å²) in [6.07, 6.45) is 6.90. The van der Waals surface area contributed by atoms with Gasteiger partial charge in [-0.1, -0.05) is 30.4 Å². The van der Waals surface area contributed by atoms with Crippen LogP contribution < -0.4 is 5.32 Å². The Labute approximate surface area is 96.4 Å². The minimum absolute atomic E-state index is 0.292. The lowest BCUT2D eigenvalue weighted by atomic mass is 10.0. The Balaban J connectivity index is 2.17. The highest BCUT2D eigenvalue weighted by molar-refractivity contribution is 6.01. The Morgan fingerprint density at radius 3 is 3.06 bits per heavy atom. The summed E-state index contributed by atoms with van der Waals surface area (Å²) in [4.78, 5) is 11.6. The zero-order valence-corrected chi connectivity index (χ0v) is 9.62. The number of ketones is 1. The van der Waals surface area contributed by atoms with Crippen molar-refractivity contribution >= 4 is 11.9 Å². The first kappa shape index (κ1) is 11.1. The molecule has 1 aliphatic carbocycles. The van der Waals surface area contributed by atoms with Crippen LogP contribution in [0.4, 0.5) is 0 Å². The first-order valence-electron chi connectivity index (χ1n) is 5.79. The van der Waals surface area contributed by atoms with Crippen molar-refractivity contribution in [3.63, 3.8) is 0 Å². The smallest absolute Gasteiger partial charge is 0.163 e. The third-order valence-electron chi connectivity index (χ3n) is 2.97. The average Bonchev–Trinajstić information content (AvgIpc) is 2.68. The van der Waals surface area contributed by atoms with E-state index < -0.39 is 0 Å². The average molecular weight is 215 g/mol. The van der Waals surface area contributed by atoms with Crippen LogP contribution in [0.3, 0.4) is 0 Å². The molecule has 0 atom stereocenters. The molecule has 0 unspecified atom stereocenters. The van der Waals surface area contributed by atoms with Crippen molar-refractivity contribution in [2.45, 2.75) is 19.3 Å². The molecule has 0 bridgehead atoms. The van der Waals surface area contributed by atoms with E-state index in [2.05, 4.69) is 23.5 Å². The number of carbonyl (C=O) groups excluding carboxylic acids is 1. The number of rotatable bonds is 4. The zero-order chi connectivity index (χ0) is 11.4. The quantitative estimate of drug-likeness (QED) is 0.782. The van der Waals surface area contributed by atoms with Crippen LogP contribution in [0.25, 0.3) is 6.08 Å². The van der Waals surface area contributed by atoms with E-state index in [0.717, 1.165) is 24.9 Å². The highest BCUT2D eigenvalue weighted by Crippen LogP contribution is 2.26. The predicted molar refractivity (Wildman–Crippen MR) is 66.7 cm³/mol. The molecule has 1 aliphatic rings. The third kappa shape index (κ3) is 2.22. The van der Waals surface area contributed by atoms with Crippen LogP contribution in [0.1, 0.15) is 34.3 Å². The van der Waals surface area contributed by atoms with Gasteiger partial charge >= 0.3 is 0 Å². The number of benzene rings is 1. The first-order valence-corrected chi connectivity index (χ1v) is 5.79. The van der Waals surface area contributed by atoms with E-state index in [1.807, 2.05) is 19.2 Å². The minimum atomic E-state index is 0.292. The van der Waals surface area contributed by atoms with E-state index >= 15 is 0 Å². The van der Waals surface area contributed by atoms with Gasteiger partial charge in [0.2, 0.25) is 0 Å². The van der Waals surface area contributed by atoms with Crippen molar-refractivity contribution in [2.24, 2.45) is 0 Å². The number of nitrogens with one attached hydrogen (secondary N) is 1. The Morgan fingerprint density at radius 2 is 2.25 bits per heavy atom. The largest absolute Gasteiger partial charge is 0.319 e. The monoisotopic (exact) mass is 215 g/mol. The van der Waals surface area contributed by atoms with Gasteiger partial charge in [0, 0.05) is 12.0 Å². The number of hydrogen-bond acceptors (Lipinski definition) is 2.